The van der Waals surface area contributed by atoms with Crippen molar-refractivity contribution in [2.24, 2.45) is 7.05 Å². The van der Waals surface area contributed by atoms with E-state index in [4.69, 9.17) is 9.47 Å². The Labute approximate surface area is 169 Å². The van der Waals surface area contributed by atoms with Crippen molar-refractivity contribution in [2.75, 3.05) is 14.2 Å². The van der Waals surface area contributed by atoms with E-state index < -0.39 is 16.6 Å². The lowest BCUT2D eigenvalue weighted by Gasteiger charge is -2.18. The van der Waals surface area contributed by atoms with Crippen LogP contribution >= 0.6 is 0 Å². The number of benzene rings is 1. The molecule has 1 aliphatic rings. The Bertz CT molecular complexity index is 1170. The molecule has 3 aromatic rings. The van der Waals surface area contributed by atoms with Crippen LogP contribution in [-0.4, -0.2) is 39.1 Å². The number of aromatic nitrogens is 4. The van der Waals surface area contributed by atoms with Crippen LogP contribution in [0.25, 0.3) is 23.0 Å². The Hall–Kier alpha value is -3.76. The molecule has 0 amide bonds. The standard InChI is InChI=1S/C19H17F2N5O4/c1-25-19(12(8-22-25)26(27)28)18-10-5-4-9(6-11(10)23-24-18)15-16(20)13(29-2)7-14(30-3)17(15)21/h6-8H,4-5H2,1-3H3,(H,23,24). The summed E-state index contributed by atoms with van der Waals surface area (Å²) in [4.78, 5) is 10.8. The van der Waals surface area contributed by atoms with Gasteiger partial charge in [-0.1, -0.05) is 0 Å². The number of hydrogen-bond acceptors (Lipinski definition) is 6. The van der Waals surface area contributed by atoms with Crippen molar-refractivity contribution >= 4 is 17.3 Å². The number of rotatable bonds is 5. The van der Waals surface area contributed by atoms with Crippen molar-refractivity contribution in [1.82, 2.24) is 20.0 Å². The van der Waals surface area contributed by atoms with E-state index in [2.05, 4.69) is 15.3 Å². The number of methoxy groups -OCH3 is 2. The van der Waals surface area contributed by atoms with Gasteiger partial charge in [0.2, 0.25) is 0 Å². The lowest BCUT2D eigenvalue weighted by molar-refractivity contribution is -0.384. The van der Waals surface area contributed by atoms with Crippen molar-refractivity contribution in [3.63, 3.8) is 0 Å². The monoisotopic (exact) mass is 417 g/mol. The average Bonchev–Trinajstić information content (AvgIpc) is 3.31. The van der Waals surface area contributed by atoms with Gasteiger partial charge in [-0.15, -0.1) is 0 Å². The first-order chi connectivity index (χ1) is 14.4. The average molecular weight is 417 g/mol. The number of nitrogens with one attached hydrogen (secondary N) is 1. The van der Waals surface area contributed by atoms with Crippen molar-refractivity contribution in [3.8, 4) is 22.9 Å². The summed E-state index contributed by atoms with van der Waals surface area (Å²) in [6.07, 6.45) is 3.40. The van der Waals surface area contributed by atoms with E-state index >= 15 is 0 Å². The van der Waals surface area contributed by atoms with Gasteiger partial charge in [0.1, 0.15) is 11.9 Å². The van der Waals surface area contributed by atoms with Gasteiger partial charge >= 0.3 is 5.69 Å². The zero-order valence-corrected chi connectivity index (χ0v) is 16.3. The second-order valence-corrected chi connectivity index (χ2v) is 6.68. The van der Waals surface area contributed by atoms with Crippen molar-refractivity contribution in [2.45, 2.75) is 12.8 Å². The number of fused-ring (bicyclic) bond motifs is 1. The van der Waals surface area contributed by atoms with Crippen LogP contribution in [0.3, 0.4) is 0 Å². The van der Waals surface area contributed by atoms with Crippen LogP contribution in [0.1, 0.15) is 23.2 Å². The molecule has 1 N–H and O–H groups in total. The van der Waals surface area contributed by atoms with Gasteiger partial charge in [-0.05, 0) is 24.5 Å². The summed E-state index contributed by atoms with van der Waals surface area (Å²) in [5, 5.41) is 22.3. The predicted octanol–water partition coefficient (Wildman–Crippen LogP) is 3.50. The topological polar surface area (TPSA) is 108 Å². The third-order valence-electron chi connectivity index (χ3n) is 5.10. The molecule has 156 valence electrons. The highest BCUT2D eigenvalue weighted by atomic mass is 19.1. The highest BCUT2D eigenvalue weighted by Crippen LogP contribution is 2.41. The Kier molecular flexibility index (Phi) is 4.72. The lowest BCUT2D eigenvalue weighted by atomic mass is 9.89. The van der Waals surface area contributed by atoms with Gasteiger partial charge in [-0.2, -0.15) is 10.2 Å². The van der Waals surface area contributed by atoms with Crippen LogP contribution in [-0.2, 0) is 13.5 Å². The SMILES string of the molecule is COc1cc(OC)c(F)c(C2=Cc3[nH]nc(-c4c([N+](=O)[O-])cnn4C)c3CC2)c1F. The van der Waals surface area contributed by atoms with Crippen LogP contribution in [0, 0.1) is 21.7 Å². The lowest BCUT2D eigenvalue weighted by Crippen LogP contribution is -2.06. The van der Waals surface area contributed by atoms with E-state index in [0.29, 0.717) is 28.9 Å². The quantitative estimate of drug-likeness (QED) is 0.503. The van der Waals surface area contributed by atoms with E-state index in [1.165, 1.54) is 18.9 Å². The van der Waals surface area contributed by atoms with Crippen LogP contribution in [0.5, 0.6) is 11.5 Å². The number of nitrogens with zero attached hydrogens (tertiary/aromatic N) is 4. The van der Waals surface area contributed by atoms with Gasteiger partial charge in [0.05, 0.1) is 30.4 Å². The number of nitro groups is 1. The van der Waals surface area contributed by atoms with E-state index in [9.17, 15) is 18.9 Å². The Morgan fingerprint density at radius 3 is 2.47 bits per heavy atom. The Morgan fingerprint density at radius 2 is 1.87 bits per heavy atom. The molecule has 1 aromatic carbocycles. The largest absolute Gasteiger partial charge is 0.494 e. The maximum Gasteiger partial charge on any atom is 0.316 e. The first kappa shape index (κ1) is 19.6. The molecule has 0 unspecified atom stereocenters. The molecule has 0 bridgehead atoms. The summed E-state index contributed by atoms with van der Waals surface area (Å²) in [6.45, 7) is 0. The summed E-state index contributed by atoms with van der Waals surface area (Å²) in [5.74, 6) is -1.92. The summed E-state index contributed by atoms with van der Waals surface area (Å²) in [7, 11) is 4.16. The van der Waals surface area contributed by atoms with Crippen molar-refractivity contribution in [3.05, 3.63) is 50.8 Å². The molecule has 2 heterocycles. The maximum atomic E-state index is 14.9. The van der Waals surface area contributed by atoms with Gasteiger partial charge in [-0.3, -0.25) is 19.9 Å². The van der Waals surface area contributed by atoms with Crippen LogP contribution in [0.2, 0.25) is 0 Å². The van der Waals surface area contributed by atoms with Crippen molar-refractivity contribution in [1.29, 1.82) is 0 Å². The molecule has 1 aliphatic carbocycles. The van der Waals surface area contributed by atoms with Gasteiger partial charge in [0.15, 0.2) is 28.8 Å². The molecular weight excluding hydrogens is 400 g/mol. The highest BCUT2D eigenvalue weighted by molar-refractivity contribution is 5.87. The molecule has 0 radical (unpaired) electrons. The molecule has 2 aromatic heterocycles. The number of halogens is 2. The minimum absolute atomic E-state index is 0.134. The second-order valence-electron chi connectivity index (χ2n) is 6.68. The van der Waals surface area contributed by atoms with Gasteiger partial charge in [0.25, 0.3) is 0 Å². The molecule has 9 nitrogen and oxygen atoms in total. The minimum atomic E-state index is -0.826. The predicted molar refractivity (Wildman–Crippen MR) is 103 cm³/mol. The van der Waals surface area contributed by atoms with Crippen molar-refractivity contribution < 1.29 is 23.2 Å². The molecule has 0 fully saturated rings. The molecule has 30 heavy (non-hydrogen) atoms. The van der Waals surface area contributed by atoms with Gasteiger partial charge in [0, 0.05) is 18.7 Å². The fourth-order valence-electron chi connectivity index (χ4n) is 3.65. The van der Waals surface area contributed by atoms with Gasteiger partial charge < -0.3 is 9.47 Å². The fraction of sp³-hybridized carbons (Fsp3) is 0.263. The molecule has 0 atom stereocenters. The molecular formula is C19H17F2N5O4. The number of H-pyrrole nitrogens is 1. The fourth-order valence-corrected chi connectivity index (χ4v) is 3.65. The number of ether oxygens (including phenoxy) is 2. The smallest absolute Gasteiger partial charge is 0.316 e. The number of hydrogen-bond donors (Lipinski definition) is 1. The second kappa shape index (κ2) is 7.25. The number of allylic oxidation sites excluding steroid dienone is 1. The normalized spacial score (nSPS) is 13.0. The van der Waals surface area contributed by atoms with E-state index in [1.807, 2.05) is 0 Å². The summed E-state index contributed by atoms with van der Waals surface area (Å²) in [5.41, 5.74) is 1.86. The number of aromatic amines is 1. The summed E-state index contributed by atoms with van der Waals surface area (Å²) < 4.78 is 41.1. The molecule has 0 aliphatic heterocycles. The Balaban J connectivity index is 1.84. The van der Waals surface area contributed by atoms with E-state index in [-0.39, 0.29) is 34.9 Å². The van der Waals surface area contributed by atoms with E-state index in [0.717, 1.165) is 12.3 Å². The molecule has 0 saturated carbocycles. The third kappa shape index (κ3) is 2.90. The molecule has 0 saturated heterocycles. The first-order valence-electron chi connectivity index (χ1n) is 8.92. The van der Waals surface area contributed by atoms with E-state index in [1.54, 1.807) is 13.1 Å². The summed E-state index contributed by atoms with van der Waals surface area (Å²) in [6, 6.07) is 1.15. The zero-order valence-electron chi connectivity index (χ0n) is 16.3. The minimum Gasteiger partial charge on any atom is -0.494 e. The Morgan fingerprint density at radius 1 is 1.20 bits per heavy atom. The third-order valence-corrected chi connectivity index (χ3v) is 5.10. The highest BCUT2D eigenvalue weighted by Gasteiger charge is 2.30. The molecule has 4 rings (SSSR count). The van der Waals surface area contributed by atoms with Crippen LogP contribution in [0.15, 0.2) is 12.3 Å². The number of aryl methyl sites for hydroxylation is 1. The first-order valence-corrected chi connectivity index (χ1v) is 8.92. The maximum absolute atomic E-state index is 14.9. The molecule has 11 heteroatoms. The van der Waals surface area contributed by atoms with Gasteiger partial charge in [-0.25, -0.2) is 8.78 Å². The van der Waals surface area contributed by atoms with Crippen LogP contribution < -0.4 is 9.47 Å². The summed E-state index contributed by atoms with van der Waals surface area (Å²) >= 11 is 0. The molecule has 0 spiro atoms. The van der Waals surface area contributed by atoms with Crippen LogP contribution in [0.4, 0.5) is 14.5 Å². The zero-order chi connectivity index (χ0) is 21.6.